The van der Waals surface area contributed by atoms with Crippen molar-refractivity contribution in [2.75, 3.05) is 27.4 Å². The van der Waals surface area contributed by atoms with Gasteiger partial charge in [0.05, 0.1) is 23.9 Å². The number of thiazole rings is 1. The van der Waals surface area contributed by atoms with Crippen LogP contribution in [0.3, 0.4) is 0 Å². The van der Waals surface area contributed by atoms with Gasteiger partial charge in [0.1, 0.15) is 16.0 Å². The van der Waals surface area contributed by atoms with Crippen molar-refractivity contribution in [2.45, 2.75) is 29.6 Å². The number of nitrogens with zero attached hydrogens (tertiary/aromatic N) is 3. The van der Waals surface area contributed by atoms with Gasteiger partial charge in [-0.15, -0.1) is 11.3 Å². The number of rotatable bonds is 7. The van der Waals surface area contributed by atoms with Crippen LogP contribution in [0, 0.1) is 0 Å². The first kappa shape index (κ1) is 22.2. The fraction of sp³-hybridized carbons (Fsp3) is 0.400. The summed E-state index contributed by atoms with van der Waals surface area (Å²) in [5.74, 6) is 0.275. The maximum absolute atomic E-state index is 13.1. The second-order valence-electron chi connectivity index (χ2n) is 7.02. The van der Waals surface area contributed by atoms with Crippen molar-refractivity contribution in [3.8, 4) is 5.75 Å². The van der Waals surface area contributed by atoms with Crippen LogP contribution in [-0.2, 0) is 26.1 Å². The first-order valence-corrected chi connectivity index (χ1v) is 12.9. The molecule has 11 heteroatoms. The molecular weight excluding hydrogens is 458 g/mol. The zero-order valence-corrected chi connectivity index (χ0v) is 19.6. The van der Waals surface area contributed by atoms with Crippen molar-refractivity contribution in [3.63, 3.8) is 0 Å². The van der Waals surface area contributed by atoms with E-state index in [0.717, 1.165) is 27.3 Å². The lowest BCUT2D eigenvalue weighted by Gasteiger charge is -2.20. The summed E-state index contributed by atoms with van der Waals surface area (Å²) in [6, 6.07) is 8.15. The van der Waals surface area contributed by atoms with Crippen LogP contribution >= 0.6 is 22.7 Å². The van der Waals surface area contributed by atoms with E-state index in [0.29, 0.717) is 37.3 Å². The molecule has 0 N–H and O–H groups in total. The van der Waals surface area contributed by atoms with Crippen LogP contribution in [0.25, 0.3) is 10.2 Å². The summed E-state index contributed by atoms with van der Waals surface area (Å²) in [5.41, 5.74) is 0.920. The van der Waals surface area contributed by atoms with Crippen molar-refractivity contribution in [1.29, 1.82) is 0 Å². The number of sulfonamides is 1. The topological polar surface area (TPSA) is 90.2 Å². The SMILES string of the molecule is COCCn1c(=NC(=O)C2CCCN2S(=O)(=O)c2cccs2)sc2cc(OC)ccc21. The zero-order valence-electron chi connectivity index (χ0n) is 17.2. The van der Waals surface area contributed by atoms with E-state index in [-0.39, 0.29) is 4.21 Å². The van der Waals surface area contributed by atoms with E-state index in [2.05, 4.69) is 4.99 Å². The number of benzene rings is 1. The molecule has 8 nitrogen and oxygen atoms in total. The first-order chi connectivity index (χ1) is 15.0. The summed E-state index contributed by atoms with van der Waals surface area (Å²) in [5, 5.41) is 1.72. The Morgan fingerprint density at radius 2 is 2.13 bits per heavy atom. The van der Waals surface area contributed by atoms with E-state index in [9.17, 15) is 13.2 Å². The first-order valence-electron chi connectivity index (χ1n) is 9.76. The fourth-order valence-corrected chi connectivity index (χ4v) is 7.49. The lowest BCUT2D eigenvalue weighted by molar-refractivity contribution is -0.121. The number of fused-ring (bicyclic) bond motifs is 1. The Kier molecular flexibility index (Phi) is 6.58. The molecule has 3 heterocycles. The van der Waals surface area contributed by atoms with Crippen LogP contribution in [0.15, 0.2) is 44.9 Å². The number of amides is 1. The number of hydrogen-bond acceptors (Lipinski definition) is 7. The number of carbonyl (C=O) groups is 1. The number of carbonyl (C=O) groups excluding carboxylic acids is 1. The Morgan fingerprint density at radius 3 is 2.84 bits per heavy atom. The number of thiophene rings is 1. The van der Waals surface area contributed by atoms with Crippen molar-refractivity contribution in [2.24, 2.45) is 4.99 Å². The van der Waals surface area contributed by atoms with Gasteiger partial charge in [-0.25, -0.2) is 8.42 Å². The van der Waals surface area contributed by atoms with Crippen LogP contribution in [0.1, 0.15) is 12.8 Å². The van der Waals surface area contributed by atoms with Crippen molar-refractivity contribution >= 4 is 48.8 Å². The summed E-state index contributed by atoms with van der Waals surface area (Å²) < 4.78 is 40.9. The van der Waals surface area contributed by atoms with Gasteiger partial charge in [-0.3, -0.25) is 4.79 Å². The highest BCUT2D eigenvalue weighted by atomic mass is 32.2. The number of hydrogen-bond donors (Lipinski definition) is 0. The third kappa shape index (κ3) is 4.33. The molecule has 0 spiro atoms. The van der Waals surface area contributed by atoms with Gasteiger partial charge in [-0.05, 0) is 42.5 Å². The standard InChI is InChI=1S/C20H23N3O5S3/c1-27-11-10-22-15-8-7-14(28-2)13-17(15)30-20(22)21-19(24)16-5-3-9-23(16)31(25,26)18-6-4-12-29-18/h4,6-8,12-13,16H,3,5,9-11H2,1-2H3. The molecule has 0 saturated carbocycles. The highest BCUT2D eigenvalue weighted by Crippen LogP contribution is 2.29. The molecule has 1 aliphatic heterocycles. The number of methoxy groups -OCH3 is 2. The largest absolute Gasteiger partial charge is 0.497 e. The minimum absolute atomic E-state index is 0.247. The van der Waals surface area contributed by atoms with E-state index < -0.39 is 22.0 Å². The summed E-state index contributed by atoms with van der Waals surface area (Å²) in [7, 11) is -0.489. The average Bonchev–Trinajstić information content (AvgIpc) is 3.51. The van der Waals surface area contributed by atoms with Crippen molar-refractivity contribution < 1.29 is 22.7 Å². The molecule has 0 aliphatic carbocycles. The predicted molar refractivity (Wildman–Crippen MR) is 120 cm³/mol. The van der Waals surface area contributed by atoms with E-state index in [4.69, 9.17) is 9.47 Å². The summed E-state index contributed by atoms with van der Waals surface area (Å²) in [6.07, 6.45) is 1.09. The Bertz CT molecular complexity index is 1240. The molecule has 1 saturated heterocycles. The lowest BCUT2D eigenvalue weighted by Crippen LogP contribution is -2.40. The summed E-state index contributed by atoms with van der Waals surface area (Å²) in [6.45, 7) is 1.30. The van der Waals surface area contributed by atoms with Gasteiger partial charge in [0.25, 0.3) is 15.9 Å². The Labute approximate surface area is 188 Å². The molecule has 1 unspecified atom stereocenters. The highest BCUT2D eigenvalue weighted by molar-refractivity contribution is 7.91. The molecule has 1 fully saturated rings. The minimum atomic E-state index is -3.71. The second-order valence-corrected chi connectivity index (χ2v) is 11.1. The minimum Gasteiger partial charge on any atom is -0.497 e. The van der Waals surface area contributed by atoms with Crippen molar-refractivity contribution in [3.05, 3.63) is 40.5 Å². The van der Waals surface area contributed by atoms with Crippen LogP contribution in [0.2, 0.25) is 0 Å². The molecule has 1 amide bonds. The van der Waals surface area contributed by atoms with Gasteiger partial charge in [0.2, 0.25) is 0 Å². The van der Waals surface area contributed by atoms with Crippen LogP contribution < -0.4 is 9.54 Å². The molecule has 1 atom stereocenters. The van der Waals surface area contributed by atoms with Crippen LogP contribution in [0.4, 0.5) is 0 Å². The van der Waals surface area contributed by atoms with Gasteiger partial charge in [0.15, 0.2) is 4.80 Å². The Hall–Kier alpha value is -2.05. The highest BCUT2D eigenvalue weighted by Gasteiger charge is 2.39. The molecule has 0 radical (unpaired) electrons. The van der Waals surface area contributed by atoms with E-state index in [1.165, 1.54) is 15.6 Å². The van der Waals surface area contributed by atoms with Gasteiger partial charge in [-0.1, -0.05) is 17.4 Å². The third-order valence-electron chi connectivity index (χ3n) is 5.16. The monoisotopic (exact) mass is 481 g/mol. The maximum Gasteiger partial charge on any atom is 0.266 e. The molecule has 166 valence electrons. The number of aromatic nitrogens is 1. The molecule has 1 aromatic carbocycles. The molecule has 2 aromatic heterocycles. The Morgan fingerprint density at radius 1 is 1.29 bits per heavy atom. The maximum atomic E-state index is 13.1. The fourth-order valence-electron chi connectivity index (χ4n) is 3.63. The normalized spacial score (nSPS) is 18.1. The van der Waals surface area contributed by atoms with Gasteiger partial charge in [0, 0.05) is 20.2 Å². The number of ether oxygens (including phenoxy) is 2. The lowest BCUT2D eigenvalue weighted by atomic mass is 10.2. The van der Waals surface area contributed by atoms with Crippen LogP contribution in [-0.4, -0.2) is 56.6 Å². The van der Waals surface area contributed by atoms with Crippen LogP contribution in [0.5, 0.6) is 5.75 Å². The molecule has 0 bridgehead atoms. The molecule has 4 rings (SSSR count). The molecular formula is C20H23N3O5S3. The molecule has 3 aromatic rings. The molecule has 1 aliphatic rings. The average molecular weight is 482 g/mol. The third-order valence-corrected chi connectivity index (χ3v) is 9.48. The quantitative estimate of drug-likeness (QED) is 0.518. The molecule has 31 heavy (non-hydrogen) atoms. The summed E-state index contributed by atoms with van der Waals surface area (Å²) in [4.78, 5) is 18.0. The van der Waals surface area contributed by atoms with Crippen molar-refractivity contribution in [1.82, 2.24) is 8.87 Å². The zero-order chi connectivity index (χ0) is 22.0. The van der Waals surface area contributed by atoms with E-state index in [1.807, 2.05) is 22.8 Å². The van der Waals surface area contributed by atoms with Gasteiger partial charge < -0.3 is 14.0 Å². The van der Waals surface area contributed by atoms with Gasteiger partial charge >= 0.3 is 0 Å². The second kappa shape index (κ2) is 9.21. The van der Waals surface area contributed by atoms with E-state index >= 15 is 0 Å². The van der Waals surface area contributed by atoms with Gasteiger partial charge in [-0.2, -0.15) is 9.30 Å². The predicted octanol–water partition coefficient (Wildman–Crippen LogP) is 2.70. The van der Waals surface area contributed by atoms with E-state index in [1.54, 1.807) is 31.7 Å². The smallest absolute Gasteiger partial charge is 0.266 e. The summed E-state index contributed by atoms with van der Waals surface area (Å²) >= 11 is 2.52. The Balaban J connectivity index is 1.72.